The van der Waals surface area contributed by atoms with Crippen molar-refractivity contribution in [2.75, 3.05) is 0 Å². The molecular formula is C27H24BrN3O. The molecule has 4 nitrogen and oxygen atoms in total. The molecule has 1 aromatic heterocycles. The molecule has 2 unspecified atom stereocenters. The van der Waals surface area contributed by atoms with E-state index in [0.29, 0.717) is 12.5 Å². The summed E-state index contributed by atoms with van der Waals surface area (Å²) in [5.41, 5.74) is 5.90. The minimum atomic E-state index is 0.0684. The number of halogens is 1. The summed E-state index contributed by atoms with van der Waals surface area (Å²) in [7, 11) is 0. The molecule has 2 atom stereocenters. The third-order valence-electron chi connectivity index (χ3n) is 6.06. The van der Waals surface area contributed by atoms with Crippen LogP contribution in [0.5, 0.6) is 0 Å². The second kappa shape index (κ2) is 9.13. The van der Waals surface area contributed by atoms with Crippen LogP contribution in [0.15, 0.2) is 96.0 Å². The van der Waals surface area contributed by atoms with E-state index in [-0.39, 0.29) is 11.8 Å². The van der Waals surface area contributed by atoms with Gasteiger partial charge in [0.15, 0.2) is 0 Å². The van der Waals surface area contributed by atoms with Gasteiger partial charge in [-0.15, -0.1) is 0 Å². The van der Waals surface area contributed by atoms with Crippen LogP contribution in [0.3, 0.4) is 0 Å². The number of amides is 1. The van der Waals surface area contributed by atoms with E-state index in [1.54, 1.807) is 6.20 Å². The van der Waals surface area contributed by atoms with Crippen LogP contribution in [0, 0.1) is 5.92 Å². The molecule has 1 amide bonds. The molecule has 4 aromatic rings. The molecule has 3 aromatic carbocycles. The fourth-order valence-corrected chi connectivity index (χ4v) is 4.66. The lowest BCUT2D eigenvalue weighted by atomic mass is 9.98. The van der Waals surface area contributed by atoms with Gasteiger partial charge in [0, 0.05) is 35.9 Å². The fourth-order valence-electron chi connectivity index (χ4n) is 4.24. The quantitative estimate of drug-likeness (QED) is 0.360. The lowest BCUT2D eigenvalue weighted by Crippen LogP contribution is -2.25. The Morgan fingerprint density at radius 1 is 1.06 bits per heavy atom. The lowest BCUT2D eigenvalue weighted by molar-refractivity contribution is -0.122. The monoisotopic (exact) mass is 485 g/mol. The molecule has 0 saturated heterocycles. The van der Waals surface area contributed by atoms with Gasteiger partial charge in [-0.05, 0) is 52.3 Å². The largest absolute Gasteiger partial charge is 0.352 e. The average molecular weight is 486 g/mol. The van der Waals surface area contributed by atoms with Crippen molar-refractivity contribution in [2.24, 2.45) is 5.92 Å². The molecule has 1 N–H and O–H groups in total. The molecule has 1 aliphatic rings. The first kappa shape index (κ1) is 20.7. The van der Waals surface area contributed by atoms with E-state index >= 15 is 0 Å². The summed E-state index contributed by atoms with van der Waals surface area (Å²) in [6.45, 7) is 1.34. The third kappa shape index (κ3) is 4.68. The van der Waals surface area contributed by atoms with Crippen LogP contribution in [0.2, 0.25) is 0 Å². The van der Waals surface area contributed by atoms with E-state index in [9.17, 15) is 4.79 Å². The summed E-state index contributed by atoms with van der Waals surface area (Å²) in [5, 5.41) is 3.17. The van der Waals surface area contributed by atoms with Crippen LogP contribution >= 0.6 is 15.9 Å². The zero-order valence-electron chi connectivity index (χ0n) is 17.6. The molecule has 1 saturated carbocycles. The Hall–Kier alpha value is -3.18. The summed E-state index contributed by atoms with van der Waals surface area (Å²) in [5.74, 6) is 0.533. The number of imidazole rings is 1. The Morgan fingerprint density at radius 2 is 1.91 bits per heavy atom. The predicted octanol–water partition coefficient (Wildman–Crippen LogP) is 5.78. The smallest absolute Gasteiger partial charge is 0.224 e. The van der Waals surface area contributed by atoms with Gasteiger partial charge >= 0.3 is 0 Å². The first-order valence-corrected chi connectivity index (χ1v) is 11.6. The van der Waals surface area contributed by atoms with Crippen LogP contribution in [0.25, 0.3) is 11.1 Å². The summed E-state index contributed by atoms with van der Waals surface area (Å²) >= 11 is 3.52. The molecule has 5 heteroatoms. The number of rotatable bonds is 7. The Labute approximate surface area is 196 Å². The van der Waals surface area contributed by atoms with E-state index in [4.69, 9.17) is 0 Å². The van der Waals surface area contributed by atoms with Crippen molar-refractivity contribution in [3.8, 4) is 11.1 Å². The van der Waals surface area contributed by atoms with E-state index < -0.39 is 0 Å². The molecule has 5 rings (SSSR count). The average Bonchev–Trinajstić information content (AvgIpc) is 3.47. The van der Waals surface area contributed by atoms with Gasteiger partial charge in [0.2, 0.25) is 5.91 Å². The van der Waals surface area contributed by atoms with Gasteiger partial charge in [0.05, 0.1) is 6.33 Å². The SMILES string of the molecule is O=C(NCc1ccccc1-c1ccc(Cn2ccnc2)cc1)C1CC1c1cccc(Br)c1. The molecular weight excluding hydrogens is 462 g/mol. The number of nitrogens with one attached hydrogen (secondary N) is 1. The van der Waals surface area contributed by atoms with Crippen molar-refractivity contribution in [1.29, 1.82) is 0 Å². The van der Waals surface area contributed by atoms with Gasteiger partial charge in [0.25, 0.3) is 0 Å². The van der Waals surface area contributed by atoms with Crippen molar-refractivity contribution in [1.82, 2.24) is 14.9 Å². The highest BCUT2D eigenvalue weighted by Gasteiger charge is 2.43. The third-order valence-corrected chi connectivity index (χ3v) is 6.56. The Morgan fingerprint density at radius 3 is 2.69 bits per heavy atom. The number of hydrogen-bond donors (Lipinski definition) is 1. The van der Waals surface area contributed by atoms with Crippen LogP contribution in [0.1, 0.15) is 29.0 Å². The first-order valence-electron chi connectivity index (χ1n) is 10.8. The van der Waals surface area contributed by atoms with Crippen molar-refractivity contribution < 1.29 is 4.79 Å². The Bertz CT molecular complexity index is 1220. The van der Waals surface area contributed by atoms with Crippen molar-refractivity contribution in [3.05, 3.63) is 113 Å². The number of hydrogen-bond acceptors (Lipinski definition) is 2. The lowest BCUT2D eigenvalue weighted by Gasteiger charge is -2.12. The normalized spacial score (nSPS) is 17.2. The highest BCUT2D eigenvalue weighted by molar-refractivity contribution is 9.10. The summed E-state index contributed by atoms with van der Waals surface area (Å²) in [6, 6.07) is 25.2. The van der Waals surface area contributed by atoms with Gasteiger partial charge in [-0.1, -0.05) is 76.6 Å². The number of aromatic nitrogens is 2. The van der Waals surface area contributed by atoms with Gasteiger partial charge in [-0.2, -0.15) is 0 Å². The number of carbonyl (C=O) groups excluding carboxylic acids is 1. The molecule has 1 heterocycles. The highest BCUT2D eigenvalue weighted by Crippen LogP contribution is 2.48. The zero-order valence-corrected chi connectivity index (χ0v) is 19.2. The summed E-state index contributed by atoms with van der Waals surface area (Å²) in [6.07, 6.45) is 6.50. The maximum absolute atomic E-state index is 12.8. The minimum Gasteiger partial charge on any atom is -0.352 e. The van der Waals surface area contributed by atoms with Crippen molar-refractivity contribution in [2.45, 2.75) is 25.4 Å². The van der Waals surface area contributed by atoms with E-state index in [2.05, 4.69) is 79.3 Å². The second-order valence-electron chi connectivity index (χ2n) is 8.31. The maximum Gasteiger partial charge on any atom is 0.224 e. The molecule has 1 aliphatic carbocycles. The molecule has 0 radical (unpaired) electrons. The van der Waals surface area contributed by atoms with Crippen LogP contribution in [0.4, 0.5) is 0 Å². The van der Waals surface area contributed by atoms with Gasteiger partial charge < -0.3 is 9.88 Å². The molecule has 0 spiro atoms. The summed E-state index contributed by atoms with van der Waals surface area (Å²) in [4.78, 5) is 16.9. The summed E-state index contributed by atoms with van der Waals surface area (Å²) < 4.78 is 3.11. The minimum absolute atomic E-state index is 0.0684. The first-order chi connectivity index (χ1) is 15.7. The van der Waals surface area contributed by atoms with E-state index in [1.807, 2.05) is 36.8 Å². The number of nitrogens with zero attached hydrogens (tertiary/aromatic N) is 2. The standard InChI is InChI=1S/C27H24BrN3O/c28-23-6-3-5-21(14-23)25-15-26(25)27(32)30-16-22-4-1-2-7-24(22)20-10-8-19(9-11-20)17-31-13-12-29-18-31/h1-14,18,25-26H,15-17H2,(H,30,32). The predicted molar refractivity (Wildman–Crippen MR) is 130 cm³/mol. The van der Waals surface area contributed by atoms with Crippen LogP contribution in [-0.2, 0) is 17.9 Å². The van der Waals surface area contributed by atoms with E-state index in [1.165, 1.54) is 11.1 Å². The topological polar surface area (TPSA) is 46.9 Å². The maximum atomic E-state index is 12.8. The highest BCUT2D eigenvalue weighted by atomic mass is 79.9. The van der Waals surface area contributed by atoms with Gasteiger partial charge in [-0.25, -0.2) is 4.98 Å². The van der Waals surface area contributed by atoms with Crippen LogP contribution in [-0.4, -0.2) is 15.5 Å². The number of carbonyl (C=O) groups is 1. The fraction of sp³-hybridized carbons (Fsp3) is 0.185. The van der Waals surface area contributed by atoms with Gasteiger partial charge in [-0.3, -0.25) is 4.79 Å². The van der Waals surface area contributed by atoms with Gasteiger partial charge in [0.1, 0.15) is 0 Å². The molecule has 0 bridgehead atoms. The molecule has 1 fully saturated rings. The van der Waals surface area contributed by atoms with Crippen molar-refractivity contribution in [3.63, 3.8) is 0 Å². The molecule has 32 heavy (non-hydrogen) atoms. The number of benzene rings is 3. The molecule has 160 valence electrons. The second-order valence-corrected chi connectivity index (χ2v) is 9.23. The Kier molecular flexibility index (Phi) is 5.91. The van der Waals surface area contributed by atoms with E-state index in [0.717, 1.165) is 34.1 Å². The Balaban J connectivity index is 1.24. The van der Waals surface area contributed by atoms with Crippen molar-refractivity contribution >= 4 is 21.8 Å². The zero-order chi connectivity index (χ0) is 21.9. The van der Waals surface area contributed by atoms with Crippen LogP contribution < -0.4 is 5.32 Å². The molecule has 0 aliphatic heterocycles.